The molecule has 170 valence electrons. The Morgan fingerprint density at radius 1 is 1.18 bits per heavy atom. The Labute approximate surface area is 193 Å². The van der Waals surface area contributed by atoms with Gasteiger partial charge in [0, 0.05) is 42.4 Å². The molecule has 5 rings (SSSR count). The van der Waals surface area contributed by atoms with Crippen LogP contribution in [0, 0.1) is 11.0 Å². The summed E-state index contributed by atoms with van der Waals surface area (Å²) in [6.07, 6.45) is 2.81. The second-order valence-electron chi connectivity index (χ2n) is 7.96. The minimum absolute atomic E-state index is 0.0200. The first-order chi connectivity index (χ1) is 16.4. The standard InChI is InChI=1S/C25H19FN4O4/c26-16-8-6-15(7-9-16)13-29-14-19-20(24(32)28-12-17-4-1-2-11-30(17)34)18-5-3-10-27-22(18)23(31)21(19)25(29)33/h1-11,31H,12-14H2,(H,28,32). The van der Waals surface area contributed by atoms with Crippen LogP contribution < -0.4 is 10.0 Å². The van der Waals surface area contributed by atoms with Gasteiger partial charge >= 0.3 is 0 Å². The van der Waals surface area contributed by atoms with E-state index in [4.69, 9.17) is 0 Å². The predicted molar refractivity (Wildman–Crippen MR) is 120 cm³/mol. The van der Waals surface area contributed by atoms with E-state index in [0.717, 1.165) is 0 Å². The van der Waals surface area contributed by atoms with Crippen molar-refractivity contribution >= 4 is 22.7 Å². The molecule has 0 radical (unpaired) electrons. The largest absolute Gasteiger partial charge is 0.618 e. The van der Waals surface area contributed by atoms with Crippen molar-refractivity contribution < 1.29 is 23.8 Å². The van der Waals surface area contributed by atoms with Gasteiger partial charge in [-0.3, -0.25) is 14.6 Å². The molecule has 9 heteroatoms. The number of rotatable bonds is 5. The zero-order chi connectivity index (χ0) is 23.8. The summed E-state index contributed by atoms with van der Waals surface area (Å²) < 4.78 is 13.9. The molecule has 0 atom stereocenters. The molecule has 1 aliphatic rings. The Morgan fingerprint density at radius 2 is 1.97 bits per heavy atom. The van der Waals surface area contributed by atoms with Crippen molar-refractivity contribution in [2.45, 2.75) is 19.6 Å². The van der Waals surface area contributed by atoms with Gasteiger partial charge in [0.1, 0.15) is 17.9 Å². The molecule has 1 aliphatic heterocycles. The van der Waals surface area contributed by atoms with Gasteiger partial charge in [-0.05, 0) is 29.8 Å². The van der Waals surface area contributed by atoms with Crippen LogP contribution in [0.5, 0.6) is 5.75 Å². The molecule has 8 nitrogen and oxygen atoms in total. The van der Waals surface area contributed by atoms with Crippen LogP contribution >= 0.6 is 0 Å². The number of hydrogen-bond acceptors (Lipinski definition) is 5. The maximum Gasteiger partial charge on any atom is 0.258 e. The lowest BCUT2D eigenvalue weighted by molar-refractivity contribution is -0.614. The summed E-state index contributed by atoms with van der Waals surface area (Å²) in [7, 11) is 0. The van der Waals surface area contributed by atoms with Crippen molar-refractivity contribution in [1.29, 1.82) is 0 Å². The lowest BCUT2D eigenvalue weighted by Crippen LogP contribution is -2.36. The number of aromatic hydroxyl groups is 1. The monoisotopic (exact) mass is 458 g/mol. The van der Waals surface area contributed by atoms with Gasteiger partial charge in [-0.1, -0.05) is 18.2 Å². The number of nitrogens with zero attached hydrogens (tertiary/aromatic N) is 3. The van der Waals surface area contributed by atoms with Crippen LogP contribution in [0.3, 0.4) is 0 Å². The highest BCUT2D eigenvalue weighted by Gasteiger charge is 2.36. The highest BCUT2D eigenvalue weighted by atomic mass is 19.1. The predicted octanol–water partition coefficient (Wildman–Crippen LogP) is 2.80. The number of benzene rings is 2. The maximum atomic E-state index is 13.3. The summed E-state index contributed by atoms with van der Waals surface area (Å²) in [6, 6.07) is 14.0. The number of hydrogen-bond donors (Lipinski definition) is 2. The van der Waals surface area contributed by atoms with E-state index in [1.807, 2.05) is 0 Å². The first-order valence-electron chi connectivity index (χ1n) is 10.6. The van der Waals surface area contributed by atoms with Gasteiger partial charge in [-0.25, -0.2) is 4.39 Å². The number of amides is 2. The smallest absolute Gasteiger partial charge is 0.258 e. The SMILES string of the molecule is O=C(NCc1cccc[n+]1[O-])c1c2c(c(O)c3ncccc13)C(=O)N(Cc1ccc(F)cc1)C2. The fourth-order valence-electron chi connectivity index (χ4n) is 4.21. The molecule has 34 heavy (non-hydrogen) atoms. The Bertz CT molecular complexity index is 1440. The summed E-state index contributed by atoms with van der Waals surface area (Å²) in [6.45, 7) is 0.242. The number of aromatic nitrogens is 2. The third-order valence-corrected chi connectivity index (χ3v) is 5.84. The molecule has 0 saturated heterocycles. The maximum absolute atomic E-state index is 13.3. The van der Waals surface area contributed by atoms with Crippen LogP contribution in [-0.4, -0.2) is 26.8 Å². The number of phenolic OH excluding ortho intramolecular Hbond substituents is 1. The van der Waals surface area contributed by atoms with Crippen molar-refractivity contribution in [1.82, 2.24) is 15.2 Å². The summed E-state index contributed by atoms with van der Waals surface area (Å²) in [4.78, 5) is 32.2. The first kappa shape index (κ1) is 21.3. The molecule has 2 amide bonds. The van der Waals surface area contributed by atoms with Crippen LogP contribution in [0.1, 0.15) is 37.5 Å². The summed E-state index contributed by atoms with van der Waals surface area (Å²) in [5.74, 6) is -1.60. The van der Waals surface area contributed by atoms with E-state index >= 15 is 0 Å². The van der Waals surface area contributed by atoms with E-state index < -0.39 is 11.8 Å². The van der Waals surface area contributed by atoms with Crippen molar-refractivity contribution in [2.75, 3.05) is 0 Å². The molecule has 0 spiro atoms. The number of carbonyl (C=O) groups is 2. The van der Waals surface area contributed by atoms with Crippen LogP contribution in [0.2, 0.25) is 0 Å². The van der Waals surface area contributed by atoms with Crippen LogP contribution in [0.4, 0.5) is 4.39 Å². The van der Waals surface area contributed by atoms with Gasteiger partial charge < -0.3 is 20.5 Å². The summed E-state index contributed by atoms with van der Waals surface area (Å²) in [5, 5.41) is 26.0. The van der Waals surface area contributed by atoms with Gasteiger partial charge in [0.2, 0.25) is 5.69 Å². The number of pyridine rings is 2. The van der Waals surface area contributed by atoms with Crippen molar-refractivity contribution in [3.05, 3.63) is 106 Å². The Morgan fingerprint density at radius 3 is 2.74 bits per heavy atom. The van der Waals surface area contributed by atoms with Crippen molar-refractivity contribution in [2.24, 2.45) is 0 Å². The Balaban J connectivity index is 1.53. The van der Waals surface area contributed by atoms with E-state index in [0.29, 0.717) is 26.9 Å². The van der Waals surface area contributed by atoms with Gasteiger partial charge in [0.05, 0.1) is 11.1 Å². The molecular weight excluding hydrogens is 439 g/mol. The fourth-order valence-corrected chi connectivity index (χ4v) is 4.21. The number of halogens is 1. The van der Waals surface area contributed by atoms with E-state index in [1.165, 1.54) is 29.4 Å². The van der Waals surface area contributed by atoms with Crippen LogP contribution in [0.15, 0.2) is 67.0 Å². The topological polar surface area (TPSA) is 109 Å². The lowest BCUT2D eigenvalue weighted by atomic mass is 9.96. The number of nitrogens with one attached hydrogen (secondary N) is 1. The zero-order valence-electron chi connectivity index (χ0n) is 17.9. The van der Waals surface area contributed by atoms with Crippen molar-refractivity contribution in [3.8, 4) is 5.75 Å². The molecule has 0 saturated carbocycles. The molecule has 0 aliphatic carbocycles. The number of phenols is 1. The van der Waals surface area contributed by atoms with Crippen LogP contribution in [-0.2, 0) is 19.6 Å². The average molecular weight is 458 g/mol. The molecule has 0 unspecified atom stereocenters. The molecular formula is C25H19FN4O4. The van der Waals surface area contributed by atoms with Crippen LogP contribution in [0.25, 0.3) is 10.9 Å². The zero-order valence-corrected chi connectivity index (χ0v) is 17.9. The second kappa shape index (κ2) is 8.43. The van der Waals surface area contributed by atoms with Gasteiger partial charge in [0.15, 0.2) is 11.9 Å². The highest BCUT2D eigenvalue weighted by Crippen LogP contribution is 2.39. The van der Waals surface area contributed by atoms with Gasteiger partial charge in [-0.15, -0.1) is 0 Å². The average Bonchev–Trinajstić information content (AvgIpc) is 3.16. The molecule has 2 aromatic heterocycles. The first-order valence-corrected chi connectivity index (χ1v) is 10.6. The number of carbonyl (C=O) groups excluding carboxylic acids is 2. The summed E-state index contributed by atoms with van der Waals surface area (Å²) in [5.41, 5.74) is 1.83. The lowest BCUT2D eigenvalue weighted by Gasteiger charge is -2.16. The molecule has 0 fully saturated rings. The van der Waals surface area contributed by atoms with E-state index in [9.17, 15) is 24.3 Å². The molecule has 2 N–H and O–H groups in total. The quantitative estimate of drug-likeness (QED) is 0.353. The summed E-state index contributed by atoms with van der Waals surface area (Å²) >= 11 is 0. The molecule has 3 heterocycles. The third kappa shape index (κ3) is 3.66. The molecule has 2 aromatic carbocycles. The Hall–Kier alpha value is -4.53. The minimum Gasteiger partial charge on any atom is -0.618 e. The highest BCUT2D eigenvalue weighted by molar-refractivity contribution is 6.15. The Kier molecular flexibility index (Phi) is 5.29. The molecule has 0 bridgehead atoms. The minimum atomic E-state index is -0.491. The molecule has 4 aromatic rings. The third-order valence-electron chi connectivity index (χ3n) is 5.84. The van der Waals surface area contributed by atoms with E-state index in [2.05, 4.69) is 10.3 Å². The normalized spacial score (nSPS) is 12.7. The fraction of sp³-hybridized carbons (Fsp3) is 0.120. The van der Waals surface area contributed by atoms with Gasteiger partial charge in [-0.2, -0.15) is 4.73 Å². The number of fused-ring (bicyclic) bond motifs is 2. The van der Waals surface area contributed by atoms with E-state index in [-0.39, 0.29) is 47.8 Å². The van der Waals surface area contributed by atoms with Crippen molar-refractivity contribution in [3.63, 3.8) is 0 Å². The van der Waals surface area contributed by atoms with E-state index in [1.54, 1.807) is 42.5 Å². The second-order valence-corrected chi connectivity index (χ2v) is 7.96. The van der Waals surface area contributed by atoms with Gasteiger partial charge in [0.25, 0.3) is 11.8 Å².